The van der Waals surface area contributed by atoms with Crippen molar-refractivity contribution in [2.24, 2.45) is 0 Å². The highest BCUT2D eigenvalue weighted by Crippen LogP contribution is 2.26. The van der Waals surface area contributed by atoms with Gasteiger partial charge in [0.1, 0.15) is 0 Å². The van der Waals surface area contributed by atoms with Crippen LogP contribution < -0.4 is 4.90 Å². The van der Waals surface area contributed by atoms with Gasteiger partial charge in [0.2, 0.25) is 0 Å². The lowest BCUT2D eigenvalue weighted by Crippen LogP contribution is -2.48. The molecule has 0 aliphatic carbocycles. The van der Waals surface area contributed by atoms with Gasteiger partial charge in [0.15, 0.2) is 0 Å². The molecule has 5 heteroatoms. The Kier molecular flexibility index (Phi) is 4.55. The van der Waals surface area contributed by atoms with Gasteiger partial charge >= 0.3 is 0 Å². The van der Waals surface area contributed by atoms with Crippen molar-refractivity contribution < 1.29 is 4.79 Å². The molecule has 0 unspecified atom stereocenters. The van der Waals surface area contributed by atoms with Gasteiger partial charge in [-0.1, -0.05) is 41.4 Å². The Balaban J connectivity index is 1.66. The number of hydrogen-bond acceptors (Lipinski definition) is 2. The molecular formula is C17H16Cl2N2O. The molecule has 2 aromatic carbocycles. The fourth-order valence-corrected chi connectivity index (χ4v) is 3.17. The first kappa shape index (κ1) is 15.2. The zero-order chi connectivity index (χ0) is 15.5. The number of benzene rings is 2. The number of anilines is 1. The molecule has 22 heavy (non-hydrogen) atoms. The summed E-state index contributed by atoms with van der Waals surface area (Å²) in [5.41, 5.74) is 1.74. The molecular weight excluding hydrogens is 319 g/mol. The van der Waals surface area contributed by atoms with Crippen LogP contribution in [0, 0.1) is 0 Å². The molecule has 0 atom stereocenters. The lowest BCUT2D eigenvalue weighted by molar-refractivity contribution is 0.0747. The fourth-order valence-electron chi connectivity index (χ4n) is 2.65. The fraction of sp³-hybridized carbons (Fsp3) is 0.235. The van der Waals surface area contributed by atoms with Crippen molar-refractivity contribution in [3.05, 3.63) is 64.1 Å². The molecule has 0 radical (unpaired) electrons. The monoisotopic (exact) mass is 334 g/mol. The van der Waals surface area contributed by atoms with Gasteiger partial charge in [-0.25, -0.2) is 0 Å². The SMILES string of the molecule is O=C(c1ccccc1)N1CCN(c2cc(Cl)cc(Cl)c2)CC1. The number of hydrogen-bond donors (Lipinski definition) is 0. The van der Waals surface area contributed by atoms with E-state index < -0.39 is 0 Å². The third-order valence-corrected chi connectivity index (χ3v) is 4.24. The van der Waals surface area contributed by atoms with Crippen LogP contribution in [0.2, 0.25) is 10.0 Å². The van der Waals surface area contributed by atoms with Crippen molar-refractivity contribution >= 4 is 34.8 Å². The second kappa shape index (κ2) is 6.59. The van der Waals surface area contributed by atoms with E-state index in [9.17, 15) is 4.79 Å². The predicted octanol–water partition coefficient (Wildman–Crippen LogP) is 3.96. The standard InChI is InChI=1S/C17H16Cl2N2O/c18-14-10-15(19)12-16(11-14)20-6-8-21(9-7-20)17(22)13-4-2-1-3-5-13/h1-5,10-12H,6-9H2. The molecule has 0 bridgehead atoms. The van der Waals surface area contributed by atoms with E-state index in [0.717, 1.165) is 24.3 Å². The van der Waals surface area contributed by atoms with Gasteiger partial charge in [-0.2, -0.15) is 0 Å². The van der Waals surface area contributed by atoms with Crippen LogP contribution in [0.1, 0.15) is 10.4 Å². The molecule has 0 N–H and O–H groups in total. The maximum absolute atomic E-state index is 12.4. The molecule has 2 aromatic rings. The van der Waals surface area contributed by atoms with Gasteiger partial charge in [-0.3, -0.25) is 4.79 Å². The molecule has 1 heterocycles. The summed E-state index contributed by atoms with van der Waals surface area (Å²) in [5, 5.41) is 1.26. The van der Waals surface area contributed by atoms with Crippen LogP contribution in [0.5, 0.6) is 0 Å². The van der Waals surface area contributed by atoms with Crippen LogP contribution in [0.3, 0.4) is 0 Å². The van der Waals surface area contributed by atoms with E-state index in [1.165, 1.54) is 0 Å². The Labute approximate surface area is 140 Å². The molecule has 0 aromatic heterocycles. The van der Waals surface area contributed by atoms with E-state index in [-0.39, 0.29) is 5.91 Å². The van der Waals surface area contributed by atoms with E-state index in [2.05, 4.69) is 4.90 Å². The Morgan fingerprint density at radius 3 is 2.05 bits per heavy atom. The number of halogens is 2. The molecule has 1 aliphatic heterocycles. The molecule has 1 saturated heterocycles. The van der Waals surface area contributed by atoms with Gasteiger partial charge in [0.05, 0.1) is 0 Å². The number of carbonyl (C=O) groups excluding carboxylic acids is 1. The van der Waals surface area contributed by atoms with Crippen molar-refractivity contribution in [3.63, 3.8) is 0 Å². The minimum absolute atomic E-state index is 0.0874. The van der Waals surface area contributed by atoms with Crippen LogP contribution in [0.4, 0.5) is 5.69 Å². The zero-order valence-corrected chi connectivity index (χ0v) is 13.5. The van der Waals surface area contributed by atoms with Gasteiger partial charge in [-0.15, -0.1) is 0 Å². The zero-order valence-electron chi connectivity index (χ0n) is 12.0. The first-order valence-corrected chi connectivity index (χ1v) is 7.94. The highest BCUT2D eigenvalue weighted by atomic mass is 35.5. The van der Waals surface area contributed by atoms with Crippen molar-refractivity contribution in [3.8, 4) is 0 Å². The van der Waals surface area contributed by atoms with Crippen LogP contribution in [-0.4, -0.2) is 37.0 Å². The molecule has 3 nitrogen and oxygen atoms in total. The minimum Gasteiger partial charge on any atom is -0.368 e. The van der Waals surface area contributed by atoms with E-state index in [0.29, 0.717) is 23.1 Å². The predicted molar refractivity (Wildman–Crippen MR) is 91.0 cm³/mol. The summed E-state index contributed by atoms with van der Waals surface area (Å²) in [5.74, 6) is 0.0874. The second-order valence-corrected chi connectivity index (χ2v) is 6.15. The number of amides is 1. The van der Waals surface area contributed by atoms with Crippen LogP contribution in [0.25, 0.3) is 0 Å². The van der Waals surface area contributed by atoms with Crippen molar-refractivity contribution in [2.75, 3.05) is 31.1 Å². The molecule has 0 saturated carbocycles. The number of piperazine rings is 1. The van der Waals surface area contributed by atoms with Crippen molar-refractivity contribution in [1.29, 1.82) is 0 Å². The minimum atomic E-state index is 0.0874. The summed E-state index contributed by atoms with van der Waals surface area (Å²) < 4.78 is 0. The quantitative estimate of drug-likeness (QED) is 0.829. The molecule has 3 rings (SSSR count). The highest BCUT2D eigenvalue weighted by molar-refractivity contribution is 6.35. The molecule has 1 aliphatic rings. The summed E-state index contributed by atoms with van der Waals surface area (Å²) in [4.78, 5) is 16.5. The Morgan fingerprint density at radius 2 is 1.45 bits per heavy atom. The Bertz CT molecular complexity index is 647. The van der Waals surface area contributed by atoms with Crippen molar-refractivity contribution in [2.45, 2.75) is 0 Å². The van der Waals surface area contributed by atoms with E-state index in [1.807, 2.05) is 47.4 Å². The summed E-state index contributed by atoms with van der Waals surface area (Å²) in [7, 11) is 0. The number of rotatable bonds is 2. The summed E-state index contributed by atoms with van der Waals surface area (Å²) in [6.45, 7) is 2.93. The molecule has 0 spiro atoms. The van der Waals surface area contributed by atoms with Crippen LogP contribution in [-0.2, 0) is 0 Å². The first-order valence-electron chi connectivity index (χ1n) is 7.19. The van der Waals surface area contributed by atoms with Crippen LogP contribution in [0.15, 0.2) is 48.5 Å². The lowest BCUT2D eigenvalue weighted by Gasteiger charge is -2.36. The normalized spacial score (nSPS) is 15.0. The summed E-state index contributed by atoms with van der Waals surface area (Å²) in [6.07, 6.45) is 0. The first-order chi connectivity index (χ1) is 10.6. The summed E-state index contributed by atoms with van der Waals surface area (Å²) in [6, 6.07) is 14.9. The second-order valence-electron chi connectivity index (χ2n) is 5.27. The highest BCUT2D eigenvalue weighted by Gasteiger charge is 2.22. The maximum Gasteiger partial charge on any atom is 0.253 e. The third-order valence-electron chi connectivity index (χ3n) is 3.80. The number of carbonyl (C=O) groups is 1. The Morgan fingerprint density at radius 1 is 0.864 bits per heavy atom. The van der Waals surface area contributed by atoms with Gasteiger partial charge in [0, 0.05) is 47.5 Å². The topological polar surface area (TPSA) is 23.6 Å². The van der Waals surface area contributed by atoms with E-state index in [4.69, 9.17) is 23.2 Å². The van der Waals surface area contributed by atoms with Gasteiger partial charge in [-0.05, 0) is 30.3 Å². The van der Waals surface area contributed by atoms with Crippen molar-refractivity contribution in [1.82, 2.24) is 4.90 Å². The average molecular weight is 335 g/mol. The maximum atomic E-state index is 12.4. The van der Waals surface area contributed by atoms with Gasteiger partial charge in [0.25, 0.3) is 5.91 Å². The van der Waals surface area contributed by atoms with E-state index in [1.54, 1.807) is 6.07 Å². The average Bonchev–Trinajstić information content (AvgIpc) is 2.54. The largest absolute Gasteiger partial charge is 0.368 e. The third kappa shape index (κ3) is 3.37. The molecule has 1 amide bonds. The molecule has 114 valence electrons. The Hall–Kier alpha value is -1.71. The van der Waals surface area contributed by atoms with Gasteiger partial charge < -0.3 is 9.80 Å². The van der Waals surface area contributed by atoms with Crippen LogP contribution >= 0.6 is 23.2 Å². The lowest BCUT2D eigenvalue weighted by atomic mass is 10.1. The summed E-state index contributed by atoms with van der Waals surface area (Å²) >= 11 is 12.1. The molecule has 1 fully saturated rings. The van der Waals surface area contributed by atoms with E-state index >= 15 is 0 Å². The number of nitrogens with zero attached hydrogens (tertiary/aromatic N) is 2. The smallest absolute Gasteiger partial charge is 0.253 e.